The molecule has 0 atom stereocenters. The van der Waals surface area contributed by atoms with E-state index in [9.17, 15) is 0 Å². The molecule has 0 saturated carbocycles. The molecule has 0 fully saturated rings. The Morgan fingerprint density at radius 3 is 2.78 bits per heavy atom. The monoisotopic (exact) mass is 306 g/mol. The van der Waals surface area contributed by atoms with Crippen LogP contribution >= 0.6 is 0 Å². The third-order valence-corrected chi connectivity index (χ3v) is 3.61. The lowest BCUT2D eigenvalue weighted by Gasteiger charge is -2.13. The summed E-state index contributed by atoms with van der Waals surface area (Å²) in [5.41, 5.74) is 3.97. The van der Waals surface area contributed by atoms with E-state index in [1.54, 1.807) is 20.4 Å². The zero-order valence-electron chi connectivity index (χ0n) is 13.2. The molecule has 2 aromatic rings. The second kappa shape index (κ2) is 6.92. The average molecular weight is 306 g/mol. The van der Waals surface area contributed by atoms with Gasteiger partial charge in [-0.3, -0.25) is 9.98 Å². The molecular formula is C19H18N2O2. The number of pyridine rings is 1. The molecule has 4 heteroatoms. The van der Waals surface area contributed by atoms with Crippen molar-refractivity contribution in [3.8, 4) is 11.5 Å². The van der Waals surface area contributed by atoms with Crippen molar-refractivity contribution in [3.05, 3.63) is 71.6 Å². The Hall–Kier alpha value is -2.88. The van der Waals surface area contributed by atoms with Crippen LogP contribution in [0.3, 0.4) is 0 Å². The zero-order valence-corrected chi connectivity index (χ0v) is 13.2. The van der Waals surface area contributed by atoms with Crippen LogP contribution in [-0.4, -0.2) is 31.5 Å². The summed E-state index contributed by atoms with van der Waals surface area (Å²) in [5.74, 6) is 1.53. The molecular weight excluding hydrogens is 288 g/mol. The third kappa shape index (κ3) is 3.31. The number of nitrogens with zero attached hydrogens (tertiary/aromatic N) is 2. The Labute approximate surface area is 135 Å². The lowest BCUT2D eigenvalue weighted by atomic mass is 9.98. The maximum Gasteiger partial charge on any atom is 0.129 e. The van der Waals surface area contributed by atoms with Gasteiger partial charge in [0.15, 0.2) is 0 Å². The van der Waals surface area contributed by atoms with Crippen LogP contribution in [0.15, 0.2) is 65.4 Å². The van der Waals surface area contributed by atoms with Crippen molar-refractivity contribution in [2.45, 2.75) is 0 Å². The van der Waals surface area contributed by atoms with Crippen LogP contribution in [0.5, 0.6) is 11.5 Å². The summed E-state index contributed by atoms with van der Waals surface area (Å²) in [6, 6.07) is 9.71. The summed E-state index contributed by atoms with van der Waals surface area (Å²) in [7, 11) is 3.30. The van der Waals surface area contributed by atoms with Gasteiger partial charge in [-0.15, -0.1) is 0 Å². The van der Waals surface area contributed by atoms with Gasteiger partial charge in [0.2, 0.25) is 0 Å². The van der Waals surface area contributed by atoms with Crippen LogP contribution < -0.4 is 9.47 Å². The minimum atomic E-state index is 0.682. The van der Waals surface area contributed by atoms with E-state index in [4.69, 9.17) is 9.47 Å². The van der Waals surface area contributed by atoms with E-state index in [1.807, 2.05) is 42.6 Å². The quantitative estimate of drug-likeness (QED) is 0.868. The van der Waals surface area contributed by atoms with Crippen molar-refractivity contribution >= 4 is 11.8 Å². The predicted octanol–water partition coefficient (Wildman–Crippen LogP) is 3.54. The maximum atomic E-state index is 5.47. The van der Waals surface area contributed by atoms with Crippen molar-refractivity contribution in [1.29, 1.82) is 0 Å². The number of aromatic nitrogens is 1. The third-order valence-electron chi connectivity index (χ3n) is 3.61. The lowest BCUT2D eigenvalue weighted by molar-refractivity contribution is 0.394. The predicted molar refractivity (Wildman–Crippen MR) is 92.3 cm³/mol. The smallest absolute Gasteiger partial charge is 0.129 e. The number of hydrogen-bond acceptors (Lipinski definition) is 4. The number of hydrogen-bond donors (Lipinski definition) is 0. The molecule has 0 amide bonds. The summed E-state index contributed by atoms with van der Waals surface area (Å²) < 4.78 is 10.7. The molecule has 1 aromatic carbocycles. The fourth-order valence-corrected chi connectivity index (χ4v) is 2.48. The summed E-state index contributed by atoms with van der Waals surface area (Å²) in [6.07, 6.45) is 9.79. The number of rotatable bonds is 4. The van der Waals surface area contributed by atoms with Gasteiger partial charge in [0, 0.05) is 35.2 Å². The highest BCUT2D eigenvalue weighted by Crippen LogP contribution is 2.28. The fraction of sp³-hybridized carbons (Fsp3) is 0.158. The molecule has 0 unspecified atom stereocenters. The van der Waals surface area contributed by atoms with Gasteiger partial charge in [0.05, 0.1) is 26.5 Å². The first-order valence-electron chi connectivity index (χ1n) is 7.37. The van der Waals surface area contributed by atoms with Crippen LogP contribution in [0.4, 0.5) is 0 Å². The van der Waals surface area contributed by atoms with Crippen molar-refractivity contribution < 1.29 is 9.47 Å². The largest absolute Gasteiger partial charge is 0.497 e. The highest BCUT2D eigenvalue weighted by molar-refractivity contribution is 6.17. The average Bonchev–Trinajstić information content (AvgIpc) is 2.63. The van der Waals surface area contributed by atoms with E-state index in [2.05, 4.69) is 22.1 Å². The van der Waals surface area contributed by atoms with Crippen LogP contribution in [0.25, 0.3) is 6.08 Å². The normalized spacial score (nSPS) is 15.4. The Kier molecular flexibility index (Phi) is 4.52. The molecule has 1 aromatic heterocycles. The molecule has 0 spiro atoms. The van der Waals surface area contributed by atoms with Crippen molar-refractivity contribution in [3.63, 3.8) is 0 Å². The number of aliphatic imine (C=N–C) groups is 1. The summed E-state index contributed by atoms with van der Waals surface area (Å²) in [5, 5.41) is 0. The second-order valence-electron chi connectivity index (χ2n) is 5.04. The van der Waals surface area contributed by atoms with E-state index in [-0.39, 0.29) is 0 Å². The minimum Gasteiger partial charge on any atom is -0.497 e. The van der Waals surface area contributed by atoms with Crippen LogP contribution in [-0.2, 0) is 0 Å². The maximum absolute atomic E-state index is 5.47. The lowest BCUT2D eigenvalue weighted by Crippen LogP contribution is -2.08. The summed E-state index contributed by atoms with van der Waals surface area (Å²) >= 11 is 0. The number of benzene rings is 1. The first kappa shape index (κ1) is 15.0. The number of dihydropyridines is 1. The summed E-state index contributed by atoms with van der Waals surface area (Å²) in [4.78, 5) is 8.81. The van der Waals surface area contributed by atoms with Gasteiger partial charge in [-0.2, -0.15) is 0 Å². The second-order valence-corrected chi connectivity index (χ2v) is 5.04. The van der Waals surface area contributed by atoms with E-state index < -0.39 is 0 Å². The molecule has 0 saturated heterocycles. The molecule has 23 heavy (non-hydrogen) atoms. The molecule has 4 nitrogen and oxygen atoms in total. The number of ether oxygens (including phenoxy) is 2. The van der Waals surface area contributed by atoms with Gasteiger partial charge in [0.25, 0.3) is 0 Å². The van der Waals surface area contributed by atoms with Crippen molar-refractivity contribution in [2.75, 3.05) is 20.8 Å². The fourth-order valence-electron chi connectivity index (χ4n) is 2.48. The molecule has 1 aliphatic rings. The Balaban J connectivity index is 2.02. The van der Waals surface area contributed by atoms with Crippen molar-refractivity contribution in [1.82, 2.24) is 4.98 Å². The minimum absolute atomic E-state index is 0.682. The topological polar surface area (TPSA) is 43.7 Å². The zero-order chi connectivity index (χ0) is 16.1. The van der Waals surface area contributed by atoms with Gasteiger partial charge in [-0.05, 0) is 30.3 Å². The first-order valence-corrected chi connectivity index (χ1v) is 7.37. The highest BCUT2D eigenvalue weighted by Gasteiger charge is 2.12. The van der Waals surface area contributed by atoms with Gasteiger partial charge < -0.3 is 9.47 Å². The SMILES string of the molecule is COc1ccc(/C=C2\C=CCN=C2c2cccnc2)c(OC)c1. The Morgan fingerprint density at radius 1 is 1.13 bits per heavy atom. The van der Waals surface area contributed by atoms with Gasteiger partial charge in [0.1, 0.15) is 11.5 Å². The van der Waals surface area contributed by atoms with E-state index >= 15 is 0 Å². The van der Waals surface area contributed by atoms with E-state index in [0.717, 1.165) is 33.9 Å². The molecule has 0 radical (unpaired) electrons. The molecule has 1 aliphatic heterocycles. The standard InChI is InChI=1S/C19H18N2O2/c1-22-17-8-7-14(18(12-17)23-2)11-15-5-4-10-21-19(15)16-6-3-9-20-13-16/h3-9,11-13H,10H2,1-2H3/b15-11+. The molecule has 2 heterocycles. The van der Waals surface area contributed by atoms with Crippen LogP contribution in [0.2, 0.25) is 0 Å². The van der Waals surface area contributed by atoms with Gasteiger partial charge >= 0.3 is 0 Å². The molecule has 3 rings (SSSR count). The Morgan fingerprint density at radius 2 is 2.04 bits per heavy atom. The van der Waals surface area contributed by atoms with Crippen LogP contribution in [0, 0.1) is 0 Å². The molecule has 0 N–H and O–H groups in total. The van der Waals surface area contributed by atoms with Crippen molar-refractivity contribution in [2.24, 2.45) is 4.99 Å². The van der Waals surface area contributed by atoms with E-state index in [0.29, 0.717) is 6.54 Å². The highest BCUT2D eigenvalue weighted by atomic mass is 16.5. The van der Waals surface area contributed by atoms with Gasteiger partial charge in [-0.25, -0.2) is 0 Å². The first-order chi connectivity index (χ1) is 11.3. The van der Waals surface area contributed by atoms with Crippen LogP contribution in [0.1, 0.15) is 11.1 Å². The molecule has 116 valence electrons. The summed E-state index contributed by atoms with van der Waals surface area (Å²) in [6.45, 7) is 0.682. The number of allylic oxidation sites excluding steroid dienone is 2. The number of methoxy groups -OCH3 is 2. The molecule has 0 bridgehead atoms. The molecule has 0 aliphatic carbocycles. The Bertz CT molecular complexity index is 777. The van der Waals surface area contributed by atoms with Gasteiger partial charge in [-0.1, -0.05) is 12.2 Å². The van der Waals surface area contributed by atoms with E-state index in [1.165, 1.54) is 0 Å².